The van der Waals surface area contributed by atoms with Crippen molar-refractivity contribution in [3.63, 3.8) is 0 Å². The minimum atomic E-state index is 0.0403. The van der Waals surface area contributed by atoms with Gasteiger partial charge in [-0.1, -0.05) is 22.6 Å². The number of hydrogen-bond acceptors (Lipinski definition) is 1. The second kappa shape index (κ2) is 6.18. The average molecular weight is 332 g/mol. The predicted molar refractivity (Wildman–Crippen MR) is 52.6 cm³/mol. The number of hydrogen-bond donors (Lipinski definition) is 1. The topological polar surface area (TPSA) is 29.1 Å². The van der Waals surface area contributed by atoms with Gasteiger partial charge in [0.15, 0.2) is 5.03 Å². The van der Waals surface area contributed by atoms with Crippen molar-refractivity contribution in [2.75, 3.05) is 4.43 Å². The molecular weight excluding hydrogens is 329 g/mol. The molecule has 0 fully saturated rings. The van der Waals surface area contributed by atoms with Gasteiger partial charge in [-0.3, -0.25) is 4.79 Å². The normalized spacial score (nSPS) is 7.75. The van der Waals surface area contributed by atoms with Crippen molar-refractivity contribution >= 4 is 63.2 Å². The summed E-state index contributed by atoms with van der Waals surface area (Å²) in [7, 11) is 1.61. The zero-order chi connectivity index (χ0) is 6.41. The van der Waals surface area contributed by atoms with Crippen LogP contribution in [0.4, 0.5) is 0 Å². The number of alkyl halides is 1. The Hall–Kier alpha value is 1.06. The lowest BCUT2D eigenvalue weighted by atomic mass is 9.67. The molecule has 0 saturated carbocycles. The molecule has 1 amide bonds. The number of halogens is 2. The molecule has 0 rings (SSSR count). The van der Waals surface area contributed by atoms with Gasteiger partial charge in [-0.15, -0.1) is 0 Å². The van der Waals surface area contributed by atoms with E-state index >= 15 is 0 Å². The van der Waals surface area contributed by atoms with Crippen LogP contribution in [0.1, 0.15) is 0 Å². The standard InChI is InChI=1S/C2H3B2I2NO/c5-1-2(8)7-4-3-6/h1H2,(H,7,8). The van der Waals surface area contributed by atoms with Gasteiger partial charge >= 0.3 is 0 Å². The largest absolute Gasteiger partial charge is 0.410 e. The number of nitrogens with one attached hydrogen (secondary N) is 1. The van der Waals surface area contributed by atoms with Crippen molar-refractivity contribution in [3.8, 4) is 0 Å². The highest BCUT2D eigenvalue weighted by molar-refractivity contribution is 14.1. The molecule has 2 nitrogen and oxygen atoms in total. The maximum atomic E-state index is 10.4. The van der Waals surface area contributed by atoms with Crippen LogP contribution in [-0.4, -0.2) is 22.7 Å². The molecule has 8 heavy (non-hydrogen) atoms. The van der Waals surface area contributed by atoms with E-state index in [2.05, 4.69) is 5.23 Å². The van der Waals surface area contributed by atoms with Crippen LogP contribution in [-0.2, 0) is 4.79 Å². The Bertz CT molecular complexity index is 80.4. The highest BCUT2D eigenvalue weighted by Gasteiger charge is 1.95. The monoisotopic (exact) mass is 333 g/mol. The van der Waals surface area contributed by atoms with Crippen molar-refractivity contribution in [2.45, 2.75) is 0 Å². The zero-order valence-electron chi connectivity index (χ0n) is 4.03. The van der Waals surface area contributed by atoms with E-state index in [1.54, 1.807) is 12.3 Å². The van der Waals surface area contributed by atoms with E-state index in [1.807, 2.05) is 45.0 Å². The summed E-state index contributed by atoms with van der Waals surface area (Å²) in [5.41, 5.74) is 0. The molecule has 0 saturated heterocycles. The van der Waals surface area contributed by atoms with Crippen molar-refractivity contribution < 1.29 is 4.79 Å². The van der Waals surface area contributed by atoms with Gasteiger partial charge in [-0.25, -0.2) is 0 Å². The molecule has 1 N–H and O–H groups in total. The number of carbonyl (C=O) groups excluding carboxylic acids is 1. The Morgan fingerprint density at radius 3 is 2.75 bits per heavy atom. The Balaban J connectivity index is 2.99. The molecule has 2 radical (unpaired) electrons. The third-order valence-corrected chi connectivity index (χ3v) is 1.48. The maximum Gasteiger partial charge on any atom is 0.217 e. The van der Waals surface area contributed by atoms with Gasteiger partial charge in [0.1, 0.15) is 0 Å². The highest BCUT2D eigenvalue weighted by atomic mass is 127. The van der Waals surface area contributed by atoms with Crippen LogP contribution in [0.3, 0.4) is 0 Å². The Morgan fingerprint density at radius 1 is 1.75 bits per heavy atom. The summed E-state index contributed by atoms with van der Waals surface area (Å²) in [6, 6.07) is 0. The first-order valence-electron chi connectivity index (χ1n) is 1.92. The smallest absolute Gasteiger partial charge is 0.217 e. The van der Waals surface area contributed by atoms with E-state index in [1.165, 1.54) is 0 Å². The second-order valence-corrected chi connectivity index (χ2v) is 2.48. The summed E-state index contributed by atoms with van der Waals surface area (Å²) in [5.74, 6) is 0.0403. The van der Waals surface area contributed by atoms with Crippen LogP contribution >= 0.6 is 45.0 Å². The fraction of sp³-hybridized carbons (Fsp3) is 0.500. The SMILES string of the molecule is O=C(CI)N[B][B]I. The van der Waals surface area contributed by atoms with E-state index in [9.17, 15) is 4.79 Å². The third kappa shape index (κ3) is 5.20. The van der Waals surface area contributed by atoms with E-state index in [-0.39, 0.29) is 5.91 Å². The third-order valence-electron chi connectivity index (χ3n) is 0.429. The molecule has 0 atom stereocenters. The van der Waals surface area contributed by atoms with Gasteiger partial charge in [0.25, 0.3) is 0 Å². The summed E-state index contributed by atoms with van der Waals surface area (Å²) in [4.78, 5) is 10.4. The minimum Gasteiger partial charge on any atom is -0.410 e. The first-order chi connectivity index (χ1) is 3.81. The van der Waals surface area contributed by atoms with Crippen molar-refractivity contribution in [1.82, 2.24) is 5.23 Å². The lowest BCUT2D eigenvalue weighted by Gasteiger charge is -1.93. The summed E-state index contributed by atoms with van der Waals surface area (Å²) in [6.45, 7) is 0. The number of amides is 1. The van der Waals surface area contributed by atoms with Gasteiger partial charge in [0, 0.05) is 0 Å². The Morgan fingerprint density at radius 2 is 2.38 bits per heavy atom. The molecule has 6 heteroatoms. The molecule has 0 heterocycles. The first-order valence-corrected chi connectivity index (χ1v) is 4.69. The van der Waals surface area contributed by atoms with E-state index in [0.717, 1.165) is 0 Å². The molecule has 0 spiro atoms. The minimum absolute atomic E-state index is 0.0403. The van der Waals surface area contributed by atoms with Crippen molar-refractivity contribution in [1.29, 1.82) is 0 Å². The van der Waals surface area contributed by atoms with Crippen LogP contribution < -0.4 is 5.23 Å². The average Bonchev–Trinajstić information content (AvgIpc) is 1.83. The Labute approximate surface area is 77.1 Å². The molecule has 0 aromatic rings. The second-order valence-electron chi connectivity index (χ2n) is 0.994. The lowest BCUT2D eigenvalue weighted by Crippen LogP contribution is -2.30. The van der Waals surface area contributed by atoms with Crippen LogP contribution in [0, 0.1) is 0 Å². The van der Waals surface area contributed by atoms with Crippen LogP contribution in [0.5, 0.6) is 0 Å². The number of carbonyl (C=O) groups is 1. The van der Waals surface area contributed by atoms with Crippen LogP contribution in [0.15, 0.2) is 0 Å². The zero-order valence-corrected chi connectivity index (χ0v) is 8.34. The Kier molecular flexibility index (Phi) is 7.00. The fourth-order valence-corrected chi connectivity index (χ4v) is 0.563. The maximum absolute atomic E-state index is 10.4. The number of rotatable bonds is 3. The van der Waals surface area contributed by atoms with Crippen molar-refractivity contribution in [2.24, 2.45) is 0 Å². The van der Waals surface area contributed by atoms with E-state index in [0.29, 0.717) is 4.43 Å². The lowest BCUT2D eigenvalue weighted by molar-refractivity contribution is -0.116. The van der Waals surface area contributed by atoms with Gasteiger partial charge in [0.2, 0.25) is 13.2 Å². The summed E-state index contributed by atoms with van der Waals surface area (Å²) in [6.07, 6.45) is 0. The van der Waals surface area contributed by atoms with Crippen LogP contribution in [0.25, 0.3) is 0 Å². The fourth-order valence-electron chi connectivity index (χ4n) is 0.163. The van der Waals surface area contributed by atoms with Gasteiger partial charge in [-0.05, 0) is 0 Å². The highest BCUT2D eigenvalue weighted by Crippen LogP contribution is 1.78. The molecule has 0 aliphatic carbocycles. The summed E-state index contributed by atoms with van der Waals surface area (Å²) >= 11 is 4.04. The molecule has 0 aliphatic heterocycles. The summed E-state index contributed by atoms with van der Waals surface area (Å²) < 4.78 is 0.513. The molecule has 0 aromatic heterocycles. The quantitative estimate of drug-likeness (QED) is 0.444. The molecule has 0 unspecified atom stereocenters. The molecule has 0 aliphatic rings. The van der Waals surface area contributed by atoms with E-state index < -0.39 is 0 Å². The van der Waals surface area contributed by atoms with Gasteiger partial charge in [0.05, 0.1) is 4.43 Å². The molecule has 0 bridgehead atoms. The molecule has 0 aromatic carbocycles. The summed E-state index contributed by atoms with van der Waals surface area (Å²) in [5, 5.41) is 4.30. The first kappa shape index (κ1) is 9.06. The van der Waals surface area contributed by atoms with E-state index in [4.69, 9.17) is 0 Å². The molecular formula is C2H3B2I2NO. The van der Waals surface area contributed by atoms with Crippen LogP contribution in [0.2, 0.25) is 0 Å². The van der Waals surface area contributed by atoms with Crippen molar-refractivity contribution in [3.05, 3.63) is 0 Å². The van der Waals surface area contributed by atoms with Gasteiger partial charge in [-0.2, -0.15) is 22.4 Å². The van der Waals surface area contributed by atoms with Gasteiger partial charge < -0.3 is 5.23 Å². The molecule has 42 valence electrons. The predicted octanol–water partition coefficient (Wildman–Crippen LogP) is 0.126.